The maximum Gasteiger partial charge on any atom is 0.322 e. The van der Waals surface area contributed by atoms with E-state index in [4.69, 9.17) is 9.84 Å². The highest BCUT2D eigenvalue weighted by atomic mass is 16.5. The topological polar surface area (TPSA) is 126 Å². The van der Waals surface area contributed by atoms with Crippen molar-refractivity contribution in [2.24, 2.45) is 5.92 Å². The molecule has 9 nitrogen and oxygen atoms in total. The van der Waals surface area contributed by atoms with E-state index in [0.29, 0.717) is 11.5 Å². The molecule has 1 aromatic carbocycles. The average molecular weight is 411 g/mol. The quantitative estimate of drug-likeness (QED) is 0.658. The van der Waals surface area contributed by atoms with Gasteiger partial charge in [0.15, 0.2) is 11.7 Å². The third-order valence-corrected chi connectivity index (χ3v) is 4.60. The molecule has 0 aliphatic carbocycles. The minimum atomic E-state index is -1.50. The first-order chi connectivity index (χ1) is 14.3. The normalized spacial score (nSPS) is 16.3. The predicted molar refractivity (Wildman–Crippen MR) is 105 cm³/mol. The fraction of sp³-hybridized carbons (Fsp3) is 0.286. The van der Waals surface area contributed by atoms with Gasteiger partial charge in [0.25, 0.3) is 0 Å². The number of Topliss-reactive ketones (excluding diaryl/α,β-unsaturated/α-hetero) is 1. The minimum absolute atomic E-state index is 0.0402. The van der Waals surface area contributed by atoms with Crippen molar-refractivity contribution in [2.75, 3.05) is 13.1 Å². The summed E-state index contributed by atoms with van der Waals surface area (Å²) in [6.07, 6.45) is 1.67. The van der Waals surface area contributed by atoms with Crippen LogP contribution in [0.4, 0.5) is 0 Å². The number of nitrogens with zero attached hydrogens (tertiary/aromatic N) is 2. The van der Waals surface area contributed by atoms with Crippen molar-refractivity contribution in [3.63, 3.8) is 0 Å². The van der Waals surface area contributed by atoms with Crippen LogP contribution in [-0.4, -0.2) is 51.6 Å². The zero-order chi connectivity index (χ0) is 21.7. The highest BCUT2D eigenvalue weighted by Crippen LogP contribution is 2.23. The molecule has 1 aromatic heterocycles. The van der Waals surface area contributed by atoms with Crippen LogP contribution in [0.15, 0.2) is 42.6 Å². The van der Waals surface area contributed by atoms with Crippen molar-refractivity contribution in [1.82, 2.24) is 15.2 Å². The number of carbonyl (C=O) groups excluding carboxylic acids is 3. The fourth-order valence-electron chi connectivity index (χ4n) is 3.03. The SMILES string of the molecule is Cc1ccc(Oc2ccc(CN3CCC(=O)C(C(=O)NCC(=O)O)C3=O)cc2)cn1. The van der Waals surface area contributed by atoms with E-state index in [9.17, 15) is 19.2 Å². The van der Waals surface area contributed by atoms with Crippen LogP contribution in [-0.2, 0) is 25.7 Å². The van der Waals surface area contributed by atoms with Crippen molar-refractivity contribution in [3.05, 3.63) is 53.9 Å². The average Bonchev–Trinajstić information content (AvgIpc) is 2.72. The molecule has 2 N–H and O–H groups in total. The maximum absolute atomic E-state index is 12.6. The molecule has 156 valence electrons. The van der Waals surface area contributed by atoms with Crippen molar-refractivity contribution >= 4 is 23.6 Å². The Labute approximate surface area is 172 Å². The van der Waals surface area contributed by atoms with Gasteiger partial charge in [0.2, 0.25) is 11.8 Å². The number of likely N-dealkylation sites (tertiary alicyclic amines) is 1. The van der Waals surface area contributed by atoms with Crippen LogP contribution in [0.25, 0.3) is 0 Å². The van der Waals surface area contributed by atoms with Crippen LogP contribution in [0.2, 0.25) is 0 Å². The molecule has 1 atom stereocenters. The second-order valence-corrected chi connectivity index (χ2v) is 6.90. The monoisotopic (exact) mass is 411 g/mol. The van der Waals surface area contributed by atoms with E-state index < -0.39 is 36.0 Å². The summed E-state index contributed by atoms with van der Waals surface area (Å²) in [5, 5.41) is 10.8. The minimum Gasteiger partial charge on any atom is -0.480 e. The lowest BCUT2D eigenvalue weighted by atomic mass is 9.94. The molecule has 30 heavy (non-hydrogen) atoms. The molecule has 1 unspecified atom stereocenters. The van der Waals surface area contributed by atoms with E-state index in [1.54, 1.807) is 30.5 Å². The van der Waals surface area contributed by atoms with Crippen molar-refractivity contribution in [2.45, 2.75) is 19.9 Å². The Balaban J connectivity index is 1.62. The molecule has 1 fully saturated rings. The molecule has 1 aliphatic rings. The zero-order valence-corrected chi connectivity index (χ0v) is 16.3. The number of aliphatic carboxylic acids is 1. The van der Waals surface area contributed by atoms with Crippen molar-refractivity contribution < 1.29 is 29.0 Å². The number of amides is 2. The molecule has 3 rings (SSSR count). The smallest absolute Gasteiger partial charge is 0.322 e. The second kappa shape index (κ2) is 9.17. The van der Waals surface area contributed by atoms with Crippen molar-refractivity contribution in [3.8, 4) is 11.5 Å². The summed E-state index contributed by atoms with van der Waals surface area (Å²) in [6.45, 7) is 1.66. The molecule has 2 heterocycles. The number of hydrogen-bond acceptors (Lipinski definition) is 6. The van der Waals surface area contributed by atoms with Gasteiger partial charge in [0.1, 0.15) is 18.0 Å². The molecule has 0 spiro atoms. The molecule has 2 aromatic rings. The summed E-state index contributed by atoms with van der Waals surface area (Å²) < 4.78 is 5.72. The molecule has 9 heteroatoms. The van der Waals surface area contributed by atoms with E-state index in [-0.39, 0.29) is 19.5 Å². The summed E-state index contributed by atoms with van der Waals surface area (Å²) in [7, 11) is 0. The van der Waals surface area contributed by atoms with Crippen molar-refractivity contribution in [1.29, 1.82) is 0 Å². The molecule has 0 bridgehead atoms. The number of hydrogen-bond donors (Lipinski definition) is 2. The van der Waals surface area contributed by atoms with Crippen LogP contribution in [0.5, 0.6) is 11.5 Å². The number of aromatic nitrogens is 1. The van der Waals surface area contributed by atoms with Gasteiger partial charge < -0.3 is 20.1 Å². The Hall–Kier alpha value is -3.75. The first-order valence-corrected chi connectivity index (χ1v) is 9.34. The summed E-state index contributed by atoms with van der Waals surface area (Å²) >= 11 is 0. The Morgan fingerprint density at radius 1 is 1.17 bits per heavy atom. The lowest BCUT2D eigenvalue weighted by molar-refractivity contribution is -0.152. The van der Waals surface area contributed by atoms with Crippen LogP contribution in [0, 0.1) is 12.8 Å². The highest BCUT2D eigenvalue weighted by molar-refractivity contribution is 6.19. The van der Waals surface area contributed by atoms with Gasteiger partial charge in [0, 0.05) is 25.2 Å². The Kier molecular flexibility index (Phi) is 6.41. The first kappa shape index (κ1) is 21.0. The number of piperidine rings is 1. The summed E-state index contributed by atoms with van der Waals surface area (Å²) in [4.78, 5) is 53.0. The number of aryl methyl sites for hydroxylation is 1. The number of benzene rings is 1. The molecule has 1 saturated heterocycles. The lowest BCUT2D eigenvalue weighted by Gasteiger charge is -2.30. The summed E-state index contributed by atoms with van der Waals surface area (Å²) in [5.74, 6) is -3.56. The van der Waals surface area contributed by atoms with Crippen LogP contribution >= 0.6 is 0 Å². The first-order valence-electron chi connectivity index (χ1n) is 9.34. The largest absolute Gasteiger partial charge is 0.480 e. The van der Waals surface area contributed by atoms with Gasteiger partial charge >= 0.3 is 5.97 Å². The third kappa shape index (κ3) is 5.19. The standard InChI is InChI=1S/C21H21N3O6/c1-13-2-5-16(10-22-13)30-15-6-3-14(4-7-15)12-24-9-8-17(25)19(21(24)29)20(28)23-11-18(26)27/h2-7,10,19H,8-9,11-12H2,1H3,(H,23,28)(H,26,27). The van der Waals surface area contributed by atoms with E-state index in [2.05, 4.69) is 10.3 Å². The van der Waals surface area contributed by atoms with Gasteiger partial charge in [0.05, 0.1) is 6.20 Å². The fourth-order valence-corrected chi connectivity index (χ4v) is 3.03. The van der Waals surface area contributed by atoms with Gasteiger partial charge in [-0.05, 0) is 36.8 Å². The molecule has 1 aliphatic heterocycles. The second-order valence-electron chi connectivity index (χ2n) is 6.90. The Morgan fingerprint density at radius 2 is 1.87 bits per heavy atom. The lowest BCUT2D eigenvalue weighted by Crippen LogP contribution is -2.52. The van der Waals surface area contributed by atoms with Gasteiger partial charge in [-0.15, -0.1) is 0 Å². The maximum atomic E-state index is 12.6. The number of carboxylic acids is 1. The van der Waals surface area contributed by atoms with E-state index in [0.717, 1.165) is 11.3 Å². The molecular formula is C21H21N3O6. The predicted octanol–water partition coefficient (Wildman–Crippen LogP) is 1.30. The third-order valence-electron chi connectivity index (χ3n) is 4.60. The van der Waals surface area contributed by atoms with Gasteiger partial charge in [-0.3, -0.25) is 24.2 Å². The molecule has 2 amide bonds. The summed E-state index contributed by atoms with van der Waals surface area (Å²) in [6, 6.07) is 10.8. The van der Waals surface area contributed by atoms with Crippen LogP contribution in [0.3, 0.4) is 0 Å². The molecule has 0 radical (unpaired) electrons. The number of carboxylic acid groups (broad SMARTS) is 1. The van der Waals surface area contributed by atoms with Gasteiger partial charge in [-0.1, -0.05) is 12.1 Å². The number of nitrogens with one attached hydrogen (secondary N) is 1. The number of ether oxygens (including phenoxy) is 1. The molecule has 0 saturated carbocycles. The van der Waals surface area contributed by atoms with Crippen LogP contribution < -0.4 is 10.1 Å². The summed E-state index contributed by atoms with van der Waals surface area (Å²) in [5.41, 5.74) is 1.69. The van der Waals surface area contributed by atoms with Gasteiger partial charge in [-0.2, -0.15) is 0 Å². The highest BCUT2D eigenvalue weighted by Gasteiger charge is 2.40. The van der Waals surface area contributed by atoms with Crippen LogP contribution in [0.1, 0.15) is 17.7 Å². The number of rotatable bonds is 7. The zero-order valence-electron chi connectivity index (χ0n) is 16.3. The van der Waals surface area contributed by atoms with E-state index >= 15 is 0 Å². The number of ketones is 1. The number of carbonyl (C=O) groups is 4. The van der Waals surface area contributed by atoms with E-state index in [1.165, 1.54) is 4.90 Å². The molecular weight excluding hydrogens is 390 g/mol. The van der Waals surface area contributed by atoms with E-state index in [1.807, 2.05) is 19.1 Å². The number of pyridine rings is 1. The Bertz CT molecular complexity index is 956. The van der Waals surface area contributed by atoms with Gasteiger partial charge in [-0.25, -0.2) is 0 Å². The Morgan fingerprint density at radius 3 is 2.50 bits per heavy atom.